The van der Waals surface area contributed by atoms with E-state index in [4.69, 9.17) is 0 Å². The second-order valence-corrected chi connectivity index (χ2v) is 14.4. The molecule has 0 bridgehead atoms. The van der Waals surface area contributed by atoms with Crippen molar-refractivity contribution in [3.63, 3.8) is 0 Å². The van der Waals surface area contributed by atoms with Gasteiger partial charge in [-0.3, -0.25) is 0 Å². The Balaban J connectivity index is 1.06. The summed E-state index contributed by atoms with van der Waals surface area (Å²) in [5, 5.41) is 10.5. The van der Waals surface area contributed by atoms with Crippen molar-refractivity contribution in [2.75, 3.05) is 0 Å². The van der Waals surface area contributed by atoms with E-state index in [1.165, 1.54) is 110 Å². The molecule has 9 aromatic rings. The zero-order valence-corrected chi connectivity index (χ0v) is 27.5. The number of fused-ring (bicyclic) bond motifs is 11. The maximum atomic E-state index is 2.47. The third-order valence-electron chi connectivity index (χ3n) is 11.6. The minimum Gasteiger partial charge on any atom is -0.0616 e. The van der Waals surface area contributed by atoms with Crippen LogP contribution >= 0.6 is 0 Å². The van der Waals surface area contributed by atoms with Crippen LogP contribution in [0.1, 0.15) is 25.0 Å². The highest BCUT2D eigenvalue weighted by Crippen LogP contribution is 2.53. The summed E-state index contributed by atoms with van der Waals surface area (Å²) in [6.45, 7) is 4.81. The number of hydrogen-bond donors (Lipinski definition) is 0. The third kappa shape index (κ3) is 3.58. The molecule has 0 atom stereocenters. The monoisotopic (exact) mass is 620 g/mol. The van der Waals surface area contributed by atoms with Gasteiger partial charge < -0.3 is 0 Å². The lowest BCUT2D eigenvalue weighted by atomic mass is 9.80. The summed E-state index contributed by atoms with van der Waals surface area (Å²) in [5.41, 5.74) is 15.9. The second-order valence-electron chi connectivity index (χ2n) is 14.4. The summed E-state index contributed by atoms with van der Waals surface area (Å²) in [7, 11) is 0. The molecule has 0 saturated heterocycles. The Hall–Kier alpha value is -5.98. The molecule has 0 heterocycles. The van der Waals surface area contributed by atoms with Gasteiger partial charge in [0.05, 0.1) is 0 Å². The Kier molecular flexibility index (Phi) is 5.27. The van der Waals surface area contributed by atoms with Crippen molar-refractivity contribution in [3.8, 4) is 55.6 Å². The van der Waals surface area contributed by atoms with E-state index in [0.29, 0.717) is 0 Å². The van der Waals surface area contributed by atoms with Crippen molar-refractivity contribution in [2.45, 2.75) is 19.3 Å². The summed E-state index contributed by atoms with van der Waals surface area (Å²) in [5.74, 6) is 0. The van der Waals surface area contributed by atoms with E-state index in [2.05, 4.69) is 172 Å². The standard InChI is InChI=1S/C49H32/c1-49(2)45-27-30(33-24-25-43-36-13-6-5-12-35(36)42-17-9-16-40(33)48(42)43)20-22-38(45)39-23-21-31(28-46(39)49)44-26-32-19-18-29-10-3-4-11-34(29)47(32)41-15-8-7-14-37(41)44/h3-28H,1-2H3. The Bertz CT molecular complexity index is 2870. The van der Waals surface area contributed by atoms with Crippen LogP contribution in [0.2, 0.25) is 0 Å². The fourth-order valence-corrected chi connectivity index (χ4v) is 9.25. The van der Waals surface area contributed by atoms with Crippen LogP contribution in [0.25, 0.3) is 98.7 Å². The molecular formula is C49H32. The lowest BCUT2D eigenvalue weighted by Crippen LogP contribution is -2.15. The molecule has 49 heavy (non-hydrogen) atoms. The van der Waals surface area contributed by atoms with Crippen LogP contribution < -0.4 is 0 Å². The Morgan fingerprint density at radius 1 is 0.306 bits per heavy atom. The van der Waals surface area contributed by atoms with Gasteiger partial charge in [-0.15, -0.1) is 0 Å². The molecule has 0 N–H and O–H groups in total. The minimum atomic E-state index is -0.134. The van der Waals surface area contributed by atoms with Gasteiger partial charge >= 0.3 is 0 Å². The lowest BCUT2D eigenvalue weighted by Gasteiger charge is -2.23. The summed E-state index contributed by atoms with van der Waals surface area (Å²) in [6, 6.07) is 59.3. The summed E-state index contributed by atoms with van der Waals surface area (Å²) in [4.78, 5) is 0. The van der Waals surface area contributed by atoms with E-state index in [1.54, 1.807) is 0 Å². The molecule has 0 aliphatic heterocycles. The SMILES string of the molecule is CC1(C)c2cc(-c3ccc4c5c(cccc35)-c3ccccc3-4)ccc2-c2ccc(-c3cc4ccc5ccccc5c4c4ccccc34)cc21. The molecule has 2 aliphatic rings. The topological polar surface area (TPSA) is 0 Å². The molecule has 11 rings (SSSR count). The Morgan fingerprint density at radius 3 is 1.59 bits per heavy atom. The van der Waals surface area contributed by atoms with Crippen molar-refractivity contribution in [2.24, 2.45) is 0 Å². The average Bonchev–Trinajstić information content (AvgIpc) is 3.60. The lowest BCUT2D eigenvalue weighted by molar-refractivity contribution is 0.661. The molecule has 0 aromatic heterocycles. The molecule has 2 aliphatic carbocycles. The van der Waals surface area contributed by atoms with Crippen molar-refractivity contribution in [1.82, 2.24) is 0 Å². The van der Waals surface area contributed by atoms with E-state index < -0.39 is 0 Å². The first-order valence-electron chi connectivity index (χ1n) is 17.4. The maximum absolute atomic E-state index is 2.47. The van der Waals surface area contributed by atoms with Crippen LogP contribution in [-0.4, -0.2) is 0 Å². The highest BCUT2D eigenvalue weighted by atomic mass is 14.4. The highest BCUT2D eigenvalue weighted by molar-refractivity contribution is 6.23. The number of hydrogen-bond acceptors (Lipinski definition) is 0. The Labute approximate surface area is 285 Å². The summed E-state index contributed by atoms with van der Waals surface area (Å²) < 4.78 is 0. The van der Waals surface area contributed by atoms with Crippen LogP contribution in [0, 0.1) is 0 Å². The minimum absolute atomic E-state index is 0.134. The zero-order valence-electron chi connectivity index (χ0n) is 27.5. The predicted molar refractivity (Wildman–Crippen MR) is 209 cm³/mol. The van der Waals surface area contributed by atoms with Gasteiger partial charge in [-0.2, -0.15) is 0 Å². The Morgan fingerprint density at radius 2 is 0.837 bits per heavy atom. The van der Waals surface area contributed by atoms with Crippen molar-refractivity contribution < 1.29 is 0 Å². The van der Waals surface area contributed by atoms with Crippen LogP contribution in [0.15, 0.2) is 158 Å². The molecule has 0 saturated carbocycles. The first kappa shape index (κ1) is 27.0. The van der Waals surface area contributed by atoms with Crippen LogP contribution in [0.3, 0.4) is 0 Å². The second kappa shape index (κ2) is 9.56. The molecule has 0 spiro atoms. The third-order valence-corrected chi connectivity index (χ3v) is 11.6. The van der Waals surface area contributed by atoms with Gasteiger partial charge in [0.2, 0.25) is 0 Å². The van der Waals surface area contributed by atoms with Crippen LogP contribution in [-0.2, 0) is 5.41 Å². The fourth-order valence-electron chi connectivity index (χ4n) is 9.25. The highest BCUT2D eigenvalue weighted by Gasteiger charge is 2.36. The first-order valence-corrected chi connectivity index (χ1v) is 17.4. The average molecular weight is 621 g/mol. The quantitative estimate of drug-likeness (QED) is 0.169. The molecule has 0 unspecified atom stereocenters. The molecule has 0 amide bonds. The molecule has 0 radical (unpaired) electrons. The molecule has 0 heteroatoms. The molecule has 0 fully saturated rings. The normalized spacial score (nSPS) is 13.7. The van der Waals surface area contributed by atoms with Gasteiger partial charge in [-0.25, -0.2) is 0 Å². The summed E-state index contributed by atoms with van der Waals surface area (Å²) >= 11 is 0. The van der Waals surface area contributed by atoms with E-state index in [-0.39, 0.29) is 5.41 Å². The van der Waals surface area contributed by atoms with Crippen molar-refractivity contribution in [1.29, 1.82) is 0 Å². The molecule has 0 nitrogen and oxygen atoms in total. The fraction of sp³-hybridized carbons (Fsp3) is 0.0612. The first-order chi connectivity index (χ1) is 24.1. The van der Waals surface area contributed by atoms with Crippen molar-refractivity contribution in [3.05, 3.63) is 169 Å². The van der Waals surface area contributed by atoms with E-state index >= 15 is 0 Å². The number of benzene rings is 9. The maximum Gasteiger partial charge on any atom is 0.0159 e. The zero-order chi connectivity index (χ0) is 32.4. The van der Waals surface area contributed by atoms with Gasteiger partial charge in [-0.1, -0.05) is 153 Å². The van der Waals surface area contributed by atoms with Gasteiger partial charge in [0.15, 0.2) is 0 Å². The summed E-state index contributed by atoms with van der Waals surface area (Å²) in [6.07, 6.45) is 0. The van der Waals surface area contributed by atoms with E-state index in [1.807, 2.05) is 0 Å². The van der Waals surface area contributed by atoms with E-state index in [9.17, 15) is 0 Å². The van der Waals surface area contributed by atoms with Crippen molar-refractivity contribution >= 4 is 43.1 Å². The van der Waals surface area contributed by atoms with E-state index in [0.717, 1.165) is 0 Å². The molecule has 9 aromatic carbocycles. The largest absolute Gasteiger partial charge is 0.0616 e. The van der Waals surface area contributed by atoms with Gasteiger partial charge in [0.1, 0.15) is 0 Å². The predicted octanol–water partition coefficient (Wildman–Crippen LogP) is 13.6. The molecular weight excluding hydrogens is 589 g/mol. The smallest absolute Gasteiger partial charge is 0.0159 e. The van der Waals surface area contributed by atoms with Gasteiger partial charge in [0.25, 0.3) is 0 Å². The number of rotatable bonds is 2. The van der Waals surface area contributed by atoms with Gasteiger partial charge in [-0.05, 0) is 128 Å². The van der Waals surface area contributed by atoms with Crippen LogP contribution in [0.5, 0.6) is 0 Å². The molecule has 228 valence electrons. The van der Waals surface area contributed by atoms with Gasteiger partial charge in [0, 0.05) is 5.41 Å². The van der Waals surface area contributed by atoms with Crippen LogP contribution in [0.4, 0.5) is 0 Å².